The van der Waals surface area contributed by atoms with Gasteiger partial charge in [-0.3, -0.25) is 14.4 Å². The first-order valence-corrected chi connectivity index (χ1v) is 13.3. The number of rotatable bonds is 3. The molecule has 0 bridgehead atoms. The Kier molecular flexibility index (Phi) is 4.30. The number of nitrogens with one attached hydrogen (secondary N) is 1. The van der Waals surface area contributed by atoms with E-state index in [-0.39, 0.29) is 22.9 Å². The van der Waals surface area contributed by atoms with Gasteiger partial charge in [-0.15, -0.1) is 21.5 Å². The molecule has 0 saturated heterocycles. The van der Waals surface area contributed by atoms with E-state index in [1.54, 1.807) is 11.3 Å². The minimum Gasteiger partial charge on any atom is -0.351 e. The summed E-state index contributed by atoms with van der Waals surface area (Å²) in [5.41, 5.74) is 3.88. The van der Waals surface area contributed by atoms with Gasteiger partial charge in [-0.05, 0) is 70.4 Å². The Balaban J connectivity index is 1.37. The summed E-state index contributed by atoms with van der Waals surface area (Å²) in [6.07, 6.45) is 6.76. The summed E-state index contributed by atoms with van der Waals surface area (Å²) in [7, 11) is 0. The maximum atomic E-state index is 13.2. The van der Waals surface area contributed by atoms with Gasteiger partial charge in [0.25, 0.3) is 0 Å². The van der Waals surface area contributed by atoms with E-state index in [2.05, 4.69) is 33.1 Å². The summed E-state index contributed by atoms with van der Waals surface area (Å²) in [6, 6.07) is 7.95. The third-order valence-electron chi connectivity index (χ3n) is 8.07. The lowest BCUT2D eigenvalue weighted by Crippen LogP contribution is -2.52. The highest BCUT2D eigenvalue weighted by molar-refractivity contribution is 7.15. The topological polar surface area (TPSA) is 72.2 Å². The van der Waals surface area contributed by atoms with Crippen LogP contribution in [0.5, 0.6) is 0 Å². The molecule has 4 aliphatic rings. The Morgan fingerprint density at radius 2 is 1.97 bits per heavy atom. The maximum Gasteiger partial charge on any atom is 0.224 e. The van der Waals surface area contributed by atoms with Crippen molar-refractivity contribution in [1.29, 1.82) is 0 Å². The van der Waals surface area contributed by atoms with Crippen LogP contribution in [0.2, 0.25) is 5.02 Å². The second-order valence-electron chi connectivity index (χ2n) is 10.6. The van der Waals surface area contributed by atoms with E-state index in [0.717, 1.165) is 72.0 Å². The highest BCUT2D eigenvalue weighted by Gasteiger charge is 2.52. The van der Waals surface area contributed by atoms with Crippen LogP contribution < -0.4 is 5.32 Å². The van der Waals surface area contributed by atoms with E-state index < -0.39 is 0 Å². The summed E-state index contributed by atoms with van der Waals surface area (Å²) in [5, 5.41) is 14.2. The molecule has 3 heterocycles. The molecule has 1 aliphatic heterocycles. The van der Waals surface area contributed by atoms with E-state index >= 15 is 0 Å². The van der Waals surface area contributed by atoms with Crippen molar-refractivity contribution in [3.63, 3.8) is 0 Å². The van der Waals surface area contributed by atoms with Gasteiger partial charge in [0.05, 0.1) is 5.71 Å². The smallest absolute Gasteiger partial charge is 0.224 e. The average Bonchev–Trinajstić information content (AvgIpc) is 3.13. The number of aromatic nitrogens is 3. The number of amides is 1. The number of carbonyl (C=O) groups is 1. The molecule has 3 aromatic rings. The molecule has 1 atom stereocenters. The van der Waals surface area contributed by atoms with Gasteiger partial charge in [-0.25, -0.2) is 0 Å². The molecule has 3 aliphatic carbocycles. The Morgan fingerprint density at radius 3 is 2.68 bits per heavy atom. The molecule has 2 saturated carbocycles. The minimum atomic E-state index is -0.338. The number of halogens is 1. The van der Waals surface area contributed by atoms with Crippen LogP contribution in [0.1, 0.15) is 72.2 Å². The van der Waals surface area contributed by atoms with Crippen LogP contribution in [0.3, 0.4) is 0 Å². The molecule has 2 aromatic heterocycles. The monoisotopic (exact) mass is 491 g/mol. The Hall–Kier alpha value is -2.51. The summed E-state index contributed by atoms with van der Waals surface area (Å²) in [4.78, 5) is 19.8. The number of fused-ring (bicyclic) bond motifs is 6. The lowest BCUT2D eigenvalue weighted by atomic mass is 9.78. The predicted octanol–water partition coefficient (Wildman–Crippen LogP) is 4.90. The van der Waals surface area contributed by atoms with Gasteiger partial charge in [0, 0.05) is 32.5 Å². The molecular formula is C26H26ClN5OS. The first-order chi connectivity index (χ1) is 16.4. The van der Waals surface area contributed by atoms with Crippen molar-refractivity contribution in [3.05, 3.63) is 62.5 Å². The number of carbonyl (C=O) groups excluding carboxylic acids is 1. The molecule has 0 unspecified atom stereocenters. The highest BCUT2D eigenvalue weighted by Crippen LogP contribution is 2.54. The number of nitrogens with zero attached hydrogens (tertiary/aromatic N) is 4. The van der Waals surface area contributed by atoms with Gasteiger partial charge >= 0.3 is 0 Å². The highest BCUT2D eigenvalue weighted by atomic mass is 35.5. The van der Waals surface area contributed by atoms with E-state index in [4.69, 9.17) is 16.6 Å². The standard InChI is InChI=1S/C26H26ClN5OS/c1-14-30-31-24-26(10-11-26)28-21(16-6-3-4-7-18(16)27)20-17-12-15(13-19(17)34-23(20)32(14)24)22(33)29-25(2)8-5-9-25/h3-4,6-7,15H,5,8-13H2,1-2H3,(H,29,33)/t15-/m0/s1. The lowest BCUT2D eigenvalue weighted by Gasteiger charge is -2.39. The van der Waals surface area contributed by atoms with E-state index in [9.17, 15) is 4.79 Å². The molecule has 174 valence electrons. The van der Waals surface area contributed by atoms with Crippen LogP contribution in [0.4, 0.5) is 0 Å². The normalized spacial score (nSPS) is 22.8. The molecule has 1 spiro atoms. The molecule has 1 aromatic carbocycles. The summed E-state index contributed by atoms with van der Waals surface area (Å²) in [5.74, 6) is 1.96. The van der Waals surface area contributed by atoms with E-state index in [1.807, 2.05) is 25.1 Å². The average molecular weight is 492 g/mol. The number of hydrogen-bond donors (Lipinski definition) is 1. The van der Waals surface area contributed by atoms with Crippen LogP contribution in [0.25, 0.3) is 5.00 Å². The van der Waals surface area contributed by atoms with Gasteiger partial charge in [0.15, 0.2) is 5.82 Å². The second kappa shape index (κ2) is 7.01. The van der Waals surface area contributed by atoms with Crippen LogP contribution in [-0.4, -0.2) is 31.9 Å². The van der Waals surface area contributed by atoms with Crippen molar-refractivity contribution >= 4 is 34.6 Å². The molecule has 34 heavy (non-hydrogen) atoms. The number of aliphatic imine (C=N–C) groups is 1. The fourth-order valence-electron chi connectivity index (χ4n) is 5.77. The van der Waals surface area contributed by atoms with Gasteiger partial charge in [-0.2, -0.15) is 0 Å². The van der Waals surface area contributed by atoms with Crippen molar-refractivity contribution in [2.24, 2.45) is 10.9 Å². The summed E-state index contributed by atoms with van der Waals surface area (Å²) >= 11 is 8.49. The molecular weight excluding hydrogens is 466 g/mol. The van der Waals surface area contributed by atoms with E-state index in [1.165, 1.54) is 16.9 Å². The molecule has 0 radical (unpaired) electrons. The van der Waals surface area contributed by atoms with Crippen molar-refractivity contribution in [3.8, 4) is 5.00 Å². The first-order valence-electron chi connectivity index (χ1n) is 12.1. The zero-order chi connectivity index (χ0) is 23.2. The molecule has 2 fully saturated rings. The molecule has 1 N–H and O–H groups in total. The van der Waals surface area contributed by atoms with Crippen LogP contribution in [0.15, 0.2) is 29.3 Å². The number of thiophene rings is 1. The number of aryl methyl sites for hydroxylation is 1. The molecule has 6 nitrogen and oxygen atoms in total. The van der Waals surface area contributed by atoms with Gasteiger partial charge in [0.2, 0.25) is 5.91 Å². The van der Waals surface area contributed by atoms with Crippen molar-refractivity contribution in [2.75, 3.05) is 0 Å². The van der Waals surface area contributed by atoms with Gasteiger partial charge in [-0.1, -0.05) is 29.8 Å². The van der Waals surface area contributed by atoms with Crippen LogP contribution >= 0.6 is 22.9 Å². The summed E-state index contributed by atoms with van der Waals surface area (Å²) < 4.78 is 2.21. The van der Waals surface area contributed by atoms with E-state index in [0.29, 0.717) is 5.02 Å². The maximum absolute atomic E-state index is 13.2. The third-order valence-corrected chi connectivity index (χ3v) is 9.64. The molecule has 7 rings (SSSR count). The van der Waals surface area contributed by atoms with Crippen molar-refractivity contribution in [2.45, 2.75) is 69.9 Å². The first kappa shape index (κ1) is 20.8. The Labute approximate surface area is 207 Å². The molecule has 8 heteroatoms. The second-order valence-corrected chi connectivity index (χ2v) is 12.1. The van der Waals surface area contributed by atoms with Gasteiger partial charge < -0.3 is 5.32 Å². The minimum absolute atomic E-state index is 0.0267. The van der Waals surface area contributed by atoms with Crippen molar-refractivity contribution < 1.29 is 4.79 Å². The fourth-order valence-corrected chi connectivity index (χ4v) is 7.45. The Morgan fingerprint density at radius 1 is 1.18 bits per heavy atom. The largest absolute Gasteiger partial charge is 0.351 e. The van der Waals surface area contributed by atoms with Gasteiger partial charge in [0.1, 0.15) is 16.4 Å². The summed E-state index contributed by atoms with van der Waals surface area (Å²) in [6.45, 7) is 4.18. The zero-order valence-corrected chi connectivity index (χ0v) is 20.9. The van der Waals surface area contributed by atoms with Crippen molar-refractivity contribution in [1.82, 2.24) is 20.1 Å². The third kappa shape index (κ3) is 2.92. The fraction of sp³-hybridized carbons (Fsp3) is 0.462. The number of hydrogen-bond acceptors (Lipinski definition) is 5. The van der Waals surface area contributed by atoms with Crippen LogP contribution in [-0.2, 0) is 23.2 Å². The SMILES string of the molecule is Cc1nnc2n1-c1sc3c(c1C(c1ccccc1Cl)=NC21CC1)C[C@H](C(=O)NC1(C)CCC1)C3. The quantitative estimate of drug-likeness (QED) is 0.566. The van der Waals surface area contributed by atoms with Crippen LogP contribution in [0, 0.1) is 12.8 Å². The lowest BCUT2D eigenvalue weighted by molar-refractivity contribution is -0.127. The number of benzene rings is 1. The predicted molar refractivity (Wildman–Crippen MR) is 133 cm³/mol. The Bertz CT molecular complexity index is 1390. The zero-order valence-electron chi connectivity index (χ0n) is 19.3. The molecule has 1 amide bonds.